The maximum absolute atomic E-state index is 12.1. The van der Waals surface area contributed by atoms with Crippen molar-refractivity contribution in [1.82, 2.24) is 4.90 Å². The van der Waals surface area contributed by atoms with Crippen molar-refractivity contribution in [2.24, 2.45) is 0 Å². The number of aryl methyl sites for hydroxylation is 1. The lowest BCUT2D eigenvalue weighted by Crippen LogP contribution is -2.29. The number of benzene rings is 1. The van der Waals surface area contributed by atoms with Gasteiger partial charge in [0.2, 0.25) is 5.91 Å². The molecule has 1 heterocycles. The summed E-state index contributed by atoms with van der Waals surface area (Å²) in [6, 6.07) is 5.97. The van der Waals surface area contributed by atoms with Gasteiger partial charge in [-0.25, -0.2) is 0 Å². The van der Waals surface area contributed by atoms with E-state index < -0.39 is 0 Å². The molecule has 0 atom stereocenters. The van der Waals surface area contributed by atoms with E-state index >= 15 is 0 Å². The number of carbonyl (C=O) groups is 1. The summed E-state index contributed by atoms with van der Waals surface area (Å²) in [5.74, 6) is 1.02. The van der Waals surface area contributed by atoms with Gasteiger partial charge in [0.15, 0.2) is 0 Å². The Hall–Kier alpha value is -1.51. The van der Waals surface area contributed by atoms with Crippen LogP contribution < -0.4 is 4.74 Å². The summed E-state index contributed by atoms with van der Waals surface area (Å²) in [5, 5.41) is 0. The van der Waals surface area contributed by atoms with Gasteiger partial charge in [-0.15, -0.1) is 0 Å². The van der Waals surface area contributed by atoms with Crippen LogP contribution in [0.15, 0.2) is 18.2 Å². The molecule has 0 aliphatic carbocycles. The van der Waals surface area contributed by atoms with Crippen LogP contribution in [0.2, 0.25) is 0 Å². The molecule has 3 nitrogen and oxygen atoms in total. The number of ether oxygens (including phenoxy) is 1. The largest absolute Gasteiger partial charge is 0.496 e. The summed E-state index contributed by atoms with van der Waals surface area (Å²) >= 11 is 0. The Morgan fingerprint density at radius 3 is 2.71 bits per heavy atom. The zero-order valence-electron chi connectivity index (χ0n) is 10.5. The highest BCUT2D eigenvalue weighted by Crippen LogP contribution is 2.21. The summed E-state index contributed by atoms with van der Waals surface area (Å²) in [6.07, 6.45) is 2.72. The fraction of sp³-hybridized carbons (Fsp3) is 0.500. The Kier molecular flexibility index (Phi) is 3.67. The standard InChI is InChI=1S/C14H19NO2/c1-11-5-6-13(17-2)12(9-11)10-14(16)15-7-3-4-8-15/h5-6,9H,3-4,7-8,10H2,1-2H3. The van der Waals surface area contributed by atoms with E-state index in [1.807, 2.05) is 30.0 Å². The van der Waals surface area contributed by atoms with Gasteiger partial charge in [0.05, 0.1) is 13.5 Å². The number of carbonyl (C=O) groups excluding carboxylic acids is 1. The maximum Gasteiger partial charge on any atom is 0.227 e. The van der Waals surface area contributed by atoms with Crippen LogP contribution in [0.5, 0.6) is 5.75 Å². The Bertz CT molecular complexity index is 409. The van der Waals surface area contributed by atoms with E-state index in [1.54, 1.807) is 7.11 Å². The van der Waals surface area contributed by atoms with Gasteiger partial charge < -0.3 is 9.64 Å². The van der Waals surface area contributed by atoms with E-state index in [0.717, 1.165) is 42.8 Å². The van der Waals surface area contributed by atoms with E-state index in [1.165, 1.54) is 0 Å². The third-order valence-electron chi connectivity index (χ3n) is 3.24. The van der Waals surface area contributed by atoms with Crippen LogP contribution in [0.4, 0.5) is 0 Å². The van der Waals surface area contributed by atoms with E-state index in [0.29, 0.717) is 6.42 Å². The van der Waals surface area contributed by atoms with Crippen LogP contribution in [0.25, 0.3) is 0 Å². The number of hydrogen-bond acceptors (Lipinski definition) is 2. The summed E-state index contributed by atoms with van der Waals surface area (Å²) in [4.78, 5) is 14.0. The van der Waals surface area contributed by atoms with Crippen LogP contribution in [-0.4, -0.2) is 31.0 Å². The number of rotatable bonds is 3. The monoisotopic (exact) mass is 233 g/mol. The van der Waals surface area contributed by atoms with E-state index in [4.69, 9.17) is 4.74 Å². The third kappa shape index (κ3) is 2.78. The zero-order chi connectivity index (χ0) is 12.3. The third-order valence-corrected chi connectivity index (χ3v) is 3.24. The summed E-state index contributed by atoms with van der Waals surface area (Å²) in [6.45, 7) is 3.85. The fourth-order valence-corrected chi connectivity index (χ4v) is 2.29. The lowest BCUT2D eigenvalue weighted by Gasteiger charge is -2.16. The molecule has 1 aliphatic heterocycles. The number of likely N-dealkylation sites (tertiary alicyclic amines) is 1. The first-order chi connectivity index (χ1) is 8.20. The molecular formula is C14H19NO2. The van der Waals surface area contributed by atoms with Gasteiger partial charge in [0, 0.05) is 18.7 Å². The van der Waals surface area contributed by atoms with Crippen molar-refractivity contribution in [3.8, 4) is 5.75 Å². The molecule has 0 spiro atoms. The molecule has 92 valence electrons. The van der Waals surface area contributed by atoms with Crippen LogP contribution in [0.1, 0.15) is 24.0 Å². The summed E-state index contributed by atoms with van der Waals surface area (Å²) < 4.78 is 5.29. The topological polar surface area (TPSA) is 29.5 Å². The van der Waals surface area contributed by atoms with E-state index in [-0.39, 0.29) is 5.91 Å². The minimum Gasteiger partial charge on any atom is -0.496 e. The van der Waals surface area contributed by atoms with Gasteiger partial charge in [0.25, 0.3) is 0 Å². The second-order valence-electron chi connectivity index (χ2n) is 4.58. The maximum atomic E-state index is 12.1. The molecule has 1 fully saturated rings. The van der Waals surface area contributed by atoms with Crippen molar-refractivity contribution in [1.29, 1.82) is 0 Å². The van der Waals surface area contributed by atoms with E-state index in [9.17, 15) is 4.79 Å². The SMILES string of the molecule is COc1ccc(C)cc1CC(=O)N1CCCC1. The highest BCUT2D eigenvalue weighted by atomic mass is 16.5. The minimum absolute atomic E-state index is 0.214. The molecule has 1 saturated heterocycles. The van der Waals surface area contributed by atoms with Gasteiger partial charge in [-0.3, -0.25) is 4.79 Å². The lowest BCUT2D eigenvalue weighted by atomic mass is 10.1. The van der Waals surface area contributed by atoms with Crippen LogP contribution >= 0.6 is 0 Å². The first kappa shape index (κ1) is 12.0. The number of hydrogen-bond donors (Lipinski definition) is 0. The average molecular weight is 233 g/mol. The quantitative estimate of drug-likeness (QED) is 0.800. The molecule has 3 heteroatoms. The number of nitrogens with zero attached hydrogens (tertiary/aromatic N) is 1. The molecule has 1 aromatic rings. The van der Waals surface area contributed by atoms with Crippen molar-refractivity contribution < 1.29 is 9.53 Å². The Morgan fingerprint density at radius 2 is 2.06 bits per heavy atom. The first-order valence-electron chi connectivity index (χ1n) is 6.12. The molecule has 0 bridgehead atoms. The van der Waals surface area contributed by atoms with Gasteiger partial charge >= 0.3 is 0 Å². The highest BCUT2D eigenvalue weighted by molar-refractivity contribution is 5.79. The van der Waals surface area contributed by atoms with Crippen molar-refractivity contribution in [2.45, 2.75) is 26.2 Å². The zero-order valence-corrected chi connectivity index (χ0v) is 10.5. The van der Waals surface area contributed by atoms with Crippen molar-refractivity contribution in [2.75, 3.05) is 20.2 Å². The van der Waals surface area contributed by atoms with Gasteiger partial charge in [0.1, 0.15) is 5.75 Å². The number of amides is 1. The predicted molar refractivity (Wildman–Crippen MR) is 67.2 cm³/mol. The average Bonchev–Trinajstić information content (AvgIpc) is 2.83. The fourth-order valence-electron chi connectivity index (χ4n) is 2.29. The van der Waals surface area contributed by atoms with Crippen molar-refractivity contribution in [3.05, 3.63) is 29.3 Å². The van der Waals surface area contributed by atoms with Crippen molar-refractivity contribution in [3.63, 3.8) is 0 Å². The molecule has 0 unspecified atom stereocenters. The molecule has 2 rings (SSSR count). The van der Waals surface area contributed by atoms with Crippen LogP contribution in [0.3, 0.4) is 0 Å². The molecule has 0 N–H and O–H groups in total. The Balaban J connectivity index is 2.11. The van der Waals surface area contributed by atoms with Crippen molar-refractivity contribution >= 4 is 5.91 Å². The Labute approximate surface area is 102 Å². The first-order valence-corrected chi connectivity index (χ1v) is 6.12. The van der Waals surface area contributed by atoms with Gasteiger partial charge in [-0.2, -0.15) is 0 Å². The normalized spacial score (nSPS) is 15.1. The second-order valence-corrected chi connectivity index (χ2v) is 4.58. The van der Waals surface area contributed by atoms with Crippen LogP contribution in [-0.2, 0) is 11.2 Å². The smallest absolute Gasteiger partial charge is 0.227 e. The molecule has 1 aliphatic rings. The summed E-state index contributed by atoms with van der Waals surface area (Å²) in [5.41, 5.74) is 2.15. The van der Waals surface area contributed by atoms with Gasteiger partial charge in [-0.1, -0.05) is 17.7 Å². The molecule has 0 radical (unpaired) electrons. The van der Waals surface area contributed by atoms with E-state index in [2.05, 4.69) is 0 Å². The molecular weight excluding hydrogens is 214 g/mol. The predicted octanol–water partition coefficient (Wildman–Crippen LogP) is 2.17. The van der Waals surface area contributed by atoms with Crippen LogP contribution in [0, 0.1) is 6.92 Å². The minimum atomic E-state index is 0.214. The highest BCUT2D eigenvalue weighted by Gasteiger charge is 2.19. The number of methoxy groups -OCH3 is 1. The van der Waals surface area contributed by atoms with Gasteiger partial charge in [-0.05, 0) is 25.8 Å². The summed E-state index contributed by atoms with van der Waals surface area (Å²) in [7, 11) is 1.65. The Morgan fingerprint density at radius 1 is 1.35 bits per heavy atom. The second kappa shape index (κ2) is 5.21. The molecule has 1 aromatic carbocycles. The lowest BCUT2D eigenvalue weighted by molar-refractivity contribution is -0.129. The molecule has 0 saturated carbocycles. The molecule has 17 heavy (non-hydrogen) atoms. The molecule has 1 amide bonds. The molecule has 0 aromatic heterocycles.